The second-order valence-corrected chi connectivity index (χ2v) is 5.79. The molecule has 1 heterocycles. The Balaban J connectivity index is 1.65. The Morgan fingerprint density at radius 2 is 2.00 bits per heavy atom. The largest absolute Gasteiger partial charge is 0.349 e. The first-order chi connectivity index (χ1) is 9.63. The fourth-order valence-corrected chi connectivity index (χ4v) is 3.37. The molecule has 2 aliphatic rings. The van der Waals surface area contributed by atoms with Gasteiger partial charge in [0.05, 0.1) is 5.56 Å². The van der Waals surface area contributed by atoms with E-state index in [2.05, 4.69) is 10.6 Å². The summed E-state index contributed by atoms with van der Waals surface area (Å²) in [5.41, 5.74) is -0.211. The van der Waals surface area contributed by atoms with Crippen molar-refractivity contribution in [2.24, 2.45) is 11.8 Å². The van der Waals surface area contributed by atoms with Crippen molar-refractivity contribution in [1.29, 1.82) is 0 Å². The normalized spacial score (nSPS) is 29.0. The first-order valence-electron chi connectivity index (χ1n) is 7.10. The monoisotopic (exact) mass is 280 g/mol. The van der Waals surface area contributed by atoms with E-state index in [0.717, 1.165) is 50.6 Å². The zero-order chi connectivity index (χ0) is 14.1. The van der Waals surface area contributed by atoms with Crippen LogP contribution in [0.3, 0.4) is 0 Å². The highest BCUT2D eigenvalue weighted by Gasteiger charge is 2.34. The van der Waals surface area contributed by atoms with Gasteiger partial charge in [-0.3, -0.25) is 4.79 Å². The molecular weight excluding hydrogens is 262 g/mol. The van der Waals surface area contributed by atoms with Crippen molar-refractivity contribution < 1.29 is 13.6 Å². The van der Waals surface area contributed by atoms with Gasteiger partial charge in [0.15, 0.2) is 0 Å². The molecule has 0 bridgehead atoms. The number of halogens is 2. The van der Waals surface area contributed by atoms with Crippen LogP contribution in [0.2, 0.25) is 0 Å². The van der Waals surface area contributed by atoms with Crippen molar-refractivity contribution in [2.75, 3.05) is 13.1 Å². The summed E-state index contributed by atoms with van der Waals surface area (Å²) in [6, 6.07) is 3.02. The van der Waals surface area contributed by atoms with Crippen LogP contribution in [0.25, 0.3) is 0 Å². The lowest BCUT2D eigenvalue weighted by Gasteiger charge is -2.31. The first-order valence-corrected chi connectivity index (χ1v) is 7.10. The van der Waals surface area contributed by atoms with Crippen molar-refractivity contribution in [2.45, 2.75) is 25.3 Å². The minimum absolute atomic E-state index is 0.0614. The smallest absolute Gasteiger partial charge is 0.254 e. The van der Waals surface area contributed by atoms with E-state index in [0.29, 0.717) is 11.8 Å². The van der Waals surface area contributed by atoms with Crippen molar-refractivity contribution >= 4 is 5.91 Å². The molecule has 1 saturated carbocycles. The summed E-state index contributed by atoms with van der Waals surface area (Å²) in [7, 11) is 0. The number of fused-ring (bicyclic) bond motifs is 1. The predicted octanol–water partition coefficient (Wildman–Crippen LogP) is 2.08. The molecule has 20 heavy (non-hydrogen) atoms. The van der Waals surface area contributed by atoms with Gasteiger partial charge >= 0.3 is 0 Å². The summed E-state index contributed by atoms with van der Waals surface area (Å²) in [6.45, 7) is 2.05. The third kappa shape index (κ3) is 2.68. The lowest BCUT2D eigenvalue weighted by Crippen LogP contribution is -2.41. The molecule has 1 aliphatic carbocycles. The van der Waals surface area contributed by atoms with Crippen LogP contribution >= 0.6 is 0 Å². The molecule has 3 atom stereocenters. The second kappa shape index (κ2) is 5.48. The number of amides is 1. The van der Waals surface area contributed by atoms with Gasteiger partial charge in [0, 0.05) is 6.04 Å². The fourth-order valence-electron chi connectivity index (χ4n) is 3.37. The molecule has 1 aliphatic heterocycles. The molecule has 1 unspecified atom stereocenters. The van der Waals surface area contributed by atoms with E-state index in [1.54, 1.807) is 0 Å². The summed E-state index contributed by atoms with van der Waals surface area (Å²) in [5, 5.41) is 6.21. The van der Waals surface area contributed by atoms with Gasteiger partial charge in [-0.25, -0.2) is 8.78 Å². The van der Waals surface area contributed by atoms with Crippen molar-refractivity contribution in [3.05, 3.63) is 35.4 Å². The Labute approximate surface area is 116 Å². The lowest BCUT2D eigenvalue weighted by molar-refractivity contribution is 0.0909. The minimum Gasteiger partial charge on any atom is -0.349 e. The summed E-state index contributed by atoms with van der Waals surface area (Å²) in [5.74, 6) is -0.503. The quantitative estimate of drug-likeness (QED) is 0.871. The summed E-state index contributed by atoms with van der Waals surface area (Å²) in [6.07, 6.45) is 2.90. The van der Waals surface area contributed by atoms with E-state index in [-0.39, 0.29) is 11.6 Å². The first kappa shape index (κ1) is 13.5. The van der Waals surface area contributed by atoms with Crippen LogP contribution in [0.5, 0.6) is 0 Å². The number of rotatable bonds is 2. The molecule has 0 spiro atoms. The average molecular weight is 280 g/mol. The predicted molar refractivity (Wildman–Crippen MR) is 71.3 cm³/mol. The molecule has 1 aromatic carbocycles. The van der Waals surface area contributed by atoms with Gasteiger partial charge < -0.3 is 10.6 Å². The van der Waals surface area contributed by atoms with E-state index < -0.39 is 17.5 Å². The zero-order valence-electron chi connectivity index (χ0n) is 11.2. The Hall–Kier alpha value is -1.49. The van der Waals surface area contributed by atoms with Gasteiger partial charge in [0.1, 0.15) is 11.6 Å². The molecule has 1 aromatic rings. The SMILES string of the molecule is O=C(NC1CC[C@H]2CNC[C@H]2C1)c1cc(F)ccc1F. The number of hydrogen-bond acceptors (Lipinski definition) is 2. The Kier molecular flexibility index (Phi) is 3.70. The van der Waals surface area contributed by atoms with E-state index in [9.17, 15) is 13.6 Å². The average Bonchev–Trinajstić information content (AvgIpc) is 2.89. The molecule has 3 nitrogen and oxygen atoms in total. The van der Waals surface area contributed by atoms with Crippen LogP contribution in [0, 0.1) is 23.5 Å². The molecule has 2 fully saturated rings. The standard InChI is InChI=1S/C15H18F2N2O/c16-11-2-4-14(17)13(6-11)15(20)19-12-3-1-9-7-18-8-10(9)5-12/h2,4,6,9-10,12,18H,1,3,5,7-8H2,(H,19,20)/t9-,10+,12?/m0/s1. The van der Waals surface area contributed by atoms with E-state index >= 15 is 0 Å². The highest BCUT2D eigenvalue weighted by Crippen LogP contribution is 2.32. The van der Waals surface area contributed by atoms with Crippen molar-refractivity contribution in [3.8, 4) is 0 Å². The maximum absolute atomic E-state index is 13.6. The van der Waals surface area contributed by atoms with Crippen LogP contribution in [0.15, 0.2) is 18.2 Å². The lowest BCUT2D eigenvalue weighted by atomic mass is 9.79. The molecule has 1 saturated heterocycles. The van der Waals surface area contributed by atoms with E-state index in [1.807, 2.05) is 0 Å². The Morgan fingerprint density at radius 3 is 2.85 bits per heavy atom. The Morgan fingerprint density at radius 1 is 1.20 bits per heavy atom. The highest BCUT2D eigenvalue weighted by atomic mass is 19.1. The highest BCUT2D eigenvalue weighted by molar-refractivity contribution is 5.94. The Bertz CT molecular complexity index is 521. The van der Waals surface area contributed by atoms with Gasteiger partial charge in [-0.1, -0.05) is 0 Å². The van der Waals surface area contributed by atoms with E-state index in [1.165, 1.54) is 0 Å². The van der Waals surface area contributed by atoms with Crippen LogP contribution in [-0.4, -0.2) is 25.0 Å². The number of nitrogens with one attached hydrogen (secondary N) is 2. The van der Waals surface area contributed by atoms with Crippen molar-refractivity contribution in [3.63, 3.8) is 0 Å². The molecule has 5 heteroatoms. The molecular formula is C15H18F2N2O. The number of hydrogen-bond donors (Lipinski definition) is 2. The zero-order valence-corrected chi connectivity index (χ0v) is 11.2. The van der Waals surface area contributed by atoms with Gasteiger partial charge in [-0.2, -0.15) is 0 Å². The van der Waals surface area contributed by atoms with Gasteiger partial charge in [0.25, 0.3) is 5.91 Å². The molecule has 108 valence electrons. The van der Waals surface area contributed by atoms with Crippen molar-refractivity contribution in [1.82, 2.24) is 10.6 Å². The van der Waals surface area contributed by atoms with Crippen LogP contribution in [0.1, 0.15) is 29.6 Å². The molecule has 0 aromatic heterocycles. The summed E-state index contributed by atoms with van der Waals surface area (Å²) < 4.78 is 26.7. The maximum atomic E-state index is 13.6. The number of benzene rings is 1. The summed E-state index contributed by atoms with van der Waals surface area (Å²) in [4.78, 5) is 12.0. The molecule has 3 rings (SSSR count). The maximum Gasteiger partial charge on any atom is 0.254 e. The third-order valence-corrected chi connectivity index (χ3v) is 4.46. The topological polar surface area (TPSA) is 41.1 Å². The molecule has 2 N–H and O–H groups in total. The fraction of sp³-hybridized carbons (Fsp3) is 0.533. The van der Waals surface area contributed by atoms with E-state index in [4.69, 9.17) is 0 Å². The number of carbonyl (C=O) groups is 1. The minimum atomic E-state index is -0.680. The van der Waals surface area contributed by atoms with Gasteiger partial charge in [-0.05, 0) is 62.4 Å². The second-order valence-electron chi connectivity index (χ2n) is 5.79. The van der Waals surface area contributed by atoms with Crippen LogP contribution in [-0.2, 0) is 0 Å². The van der Waals surface area contributed by atoms with Gasteiger partial charge in [0.2, 0.25) is 0 Å². The van der Waals surface area contributed by atoms with Crippen LogP contribution < -0.4 is 10.6 Å². The number of carbonyl (C=O) groups excluding carboxylic acids is 1. The molecule has 1 amide bonds. The third-order valence-electron chi connectivity index (χ3n) is 4.46. The summed E-state index contributed by atoms with van der Waals surface area (Å²) >= 11 is 0. The van der Waals surface area contributed by atoms with Crippen LogP contribution in [0.4, 0.5) is 8.78 Å². The van der Waals surface area contributed by atoms with Gasteiger partial charge in [-0.15, -0.1) is 0 Å². The molecule has 0 radical (unpaired) electrons.